The minimum atomic E-state index is -0.408. The lowest BCUT2D eigenvalue weighted by atomic mass is 9.83. The normalized spacial score (nSPS) is 27.3. The highest BCUT2D eigenvalue weighted by Crippen LogP contribution is 2.28. The van der Waals surface area contributed by atoms with Gasteiger partial charge in [0.15, 0.2) is 0 Å². The molecule has 2 aliphatic heterocycles. The molecule has 2 fully saturated rings. The summed E-state index contributed by atoms with van der Waals surface area (Å²) in [6.07, 6.45) is 4.75. The Morgan fingerprint density at radius 2 is 2.15 bits per heavy atom. The molecule has 0 aliphatic carbocycles. The average Bonchev–Trinajstić information content (AvgIpc) is 2.46. The number of nitrogens with zero attached hydrogens (tertiary/aromatic N) is 3. The average molecular weight is 277 g/mol. The van der Waals surface area contributed by atoms with E-state index >= 15 is 0 Å². The SMILES string of the molecule is CC1(C#N)CCCN(C(=O)CCN2CCCCC2=O)C1. The van der Waals surface area contributed by atoms with Crippen molar-refractivity contribution in [2.24, 2.45) is 5.41 Å². The van der Waals surface area contributed by atoms with Crippen LogP contribution in [0.2, 0.25) is 0 Å². The number of carbonyl (C=O) groups is 2. The molecule has 0 aromatic rings. The first-order valence-corrected chi connectivity index (χ1v) is 7.51. The largest absolute Gasteiger partial charge is 0.342 e. The molecule has 0 spiro atoms. The van der Waals surface area contributed by atoms with Gasteiger partial charge in [-0.1, -0.05) is 0 Å². The molecular weight excluding hydrogens is 254 g/mol. The lowest BCUT2D eigenvalue weighted by molar-refractivity contribution is -0.137. The summed E-state index contributed by atoms with van der Waals surface area (Å²) in [5.74, 6) is 0.245. The van der Waals surface area contributed by atoms with E-state index in [1.54, 1.807) is 9.80 Å². The van der Waals surface area contributed by atoms with Crippen LogP contribution in [0.3, 0.4) is 0 Å². The molecule has 1 atom stereocenters. The van der Waals surface area contributed by atoms with E-state index in [9.17, 15) is 14.9 Å². The second-order valence-corrected chi connectivity index (χ2v) is 6.18. The first kappa shape index (κ1) is 14.8. The molecule has 0 radical (unpaired) electrons. The quantitative estimate of drug-likeness (QED) is 0.786. The van der Waals surface area contributed by atoms with E-state index < -0.39 is 5.41 Å². The molecule has 5 heteroatoms. The zero-order valence-corrected chi connectivity index (χ0v) is 12.2. The maximum absolute atomic E-state index is 12.2. The number of likely N-dealkylation sites (tertiary alicyclic amines) is 2. The Labute approximate surface area is 120 Å². The number of hydrogen-bond acceptors (Lipinski definition) is 3. The summed E-state index contributed by atoms with van der Waals surface area (Å²) < 4.78 is 0. The van der Waals surface area contributed by atoms with Crippen molar-refractivity contribution in [2.45, 2.75) is 45.4 Å². The number of amides is 2. The fourth-order valence-electron chi connectivity index (χ4n) is 3.03. The Bertz CT molecular complexity index is 429. The molecule has 2 saturated heterocycles. The van der Waals surface area contributed by atoms with Gasteiger partial charge in [0, 0.05) is 39.0 Å². The van der Waals surface area contributed by atoms with Crippen molar-refractivity contribution in [3.8, 4) is 6.07 Å². The molecule has 0 aromatic heterocycles. The third kappa shape index (κ3) is 3.50. The van der Waals surface area contributed by atoms with E-state index in [1.165, 1.54) is 0 Å². The number of hydrogen-bond donors (Lipinski definition) is 0. The van der Waals surface area contributed by atoms with Crippen molar-refractivity contribution < 1.29 is 9.59 Å². The van der Waals surface area contributed by atoms with Gasteiger partial charge in [-0.3, -0.25) is 9.59 Å². The molecule has 2 amide bonds. The zero-order chi connectivity index (χ0) is 14.6. The number of carbonyl (C=O) groups excluding carboxylic acids is 2. The predicted octanol–water partition coefficient (Wildman–Crippen LogP) is 1.54. The Morgan fingerprint density at radius 1 is 1.35 bits per heavy atom. The van der Waals surface area contributed by atoms with Gasteiger partial charge in [-0.2, -0.15) is 5.26 Å². The van der Waals surface area contributed by atoms with Crippen LogP contribution in [0.25, 0.3) is 0 Å². The van der Waals surface area contributed by atoms with Crippen LogP contribution in [-0.2, 0) is 9.59 Å². The molecule has 0 aromatic carbocycles. The van der Waals surface area contributed by atoms with Crippen molar-refractivity contribution in [3.63, 3.8) is 0 Å². The fraction of sp³-hybridized carbons (Fsp3) is 0.800. The van der Waals surface area contributed by atoms with Crippen LogP contribution >= 0.6 is 0 Å². The van der Waals surface area contributed by atoms with E-state index in [1.807, 2.05) is 6.92 Å². The Morgan fingerprint density at radius 3 is 2.85 bits per heavy atom. The Hall–Kier alpha value is -1.57. The molecular formula is C15H23N3O2. The topological polar surface area (TPSA) is 64.4 Å². The molecule has 2 aliphatic rings. The van der Waals surface area contributed by atoms with Crippen molar-refractivity contribution in [2.75, 3.05) is 26.2 Å². The smallest absolute Gasteiger partial charge is 0.224 e. The van der Waals surface area contributed by atoms with E-state index in [2.05, 4.69) is 6.07 Å². The molecule has 20 heavy (non-hydrogen) atoms. The summed E-state index contributed by atoms with van der Waals surface area (Å²) in [5, 5.41) is 9.18. The van der Waals surface area contributed by atoms with E-state index in [0.29, 0.717) is 25.9 Å². The molecule has 1 unspecified atom stereocenters. The maximum Gasteiger partial charge on any atom is 0.224 e. The summed E-state index contributed by atoms with van der Waals surface area (Å²) in [4.78, 5) is 27.5. The van der Waals surface area contributed by atoms with Crippen molar-refractivity contribution in [1.29, 1.82) is 5.26 Å². The van der Waals surface area contributed by atoms with Crippen LogP contribution in [0.5, 0.6) is 0 Å². The summed E-state index contributed by atoms with van der Waals surface area (Å²) in [7, 11) is 0. The second-order valence-electron chi connectivity index (χ2n) is 6.18. The first-order chi connectivity index (χ1) is 9.54. The van der Waals surface area contributed by atoms with Crippen molar-refractivity contribution >= 4 is 11.8 Å². The second kappa shape index (κ2) is 6.25. The molecule has 2 heterocycles. The van der Waals surface area contributed by atoms with Crippen LogP contribution in [0.15, 0.2) is 0 Å². The van der Waals surface area contributed by atoms with Gasteiger partial charge in [0.1, 0.15) is 0 Å². The summed E-state index contributed by atoms with van der Waals surface area (Å²) in [5.41, 5.74) is -0.408. The van der Waals surface area contributed by atoms with Gasteiger partial charge in [0.2, 0.25) is 11.8 Å². The fourth-order valence-corrected chi connectivity index (χ4v) is 3.03. The molecule has 2 rings (SSSR count). The summed E-state index contributed by atoms with van der Waals surface area (Å²) >= 11 is 0. The van der Waals surface area contributed by atoms with Crippen molar-refractivity contribution in [1.82, 2.24) is 9.80 Å². The Balaban J connectivity index is 1.82. The maximum atomic E-state index is 12.2. The van der Waals surface area contributed by atoms with Gasteiger partial charge >= 0.3 is 0 Å². The summed E-state index contributed by atoms with van der Waals surface area (Å²) in [6, 6.07) is 2.32. The lowest BCUT2D eigenvalue weighted by Crippen LogP contribution is -2.45. The van der Waals surface area contributed by atoms with Gasteiger partial charge in [-0.05, 0) is 32.6 Å². The van der Waals surface area contributed by atoms with Crippen LogP contribution in [0.1, 0.15) is 45.4 Å². The summed E-state index contributed by atoms with van der Waals surface area (Å²) in [6.45, 7) is 4.49. The van der Waals surface area contributed by atoms with E-state index in [4.69, 9.17) is 0 Å². The monoisotopic (exact) mass is 277 g/mol. The van der Waals surface area contributed by atoms with Crippen LogP contribution < -0.4 is 0 Å². The van der Waals surface area contributed by atoms with Gasteiger partial charge in [0.25, 0.3) is 0 Å². The van der Waals surface area contributed by atoms with Gasteiger partial charge in [-0.25, -0.2) is 0 Å². The number of rotatable bonds is 3. The van der Waals surface area contributed by atoms with Crippen LogP contribution in [0, 0.1) is 16.7 Å². The molecule has 0 saturated carbocycles. The third-order valence-electron chi connectivity index (χ3n) is 4.34. The highest BCUT2D eigenvalue weighted by Gasteiger charge is 2.33. The molecule has 0 N–H and O–H groups in total. The standard InChI is InChI=1S/C15H23N3O2/c1-15(11-16)7-4-9-18(12-15)14(20)6-10-17-8-3-2-5-13(17)19/h2-10,12H2,1H3. The number of nitriles is 1. The first-order valence-electron chi connectivity index (χ1n) is 7.51. The third-order valence-corrected chi connectivity index (χ3v) is 4.34. The minimum Gasteiger partial charge on any atom is -0.342 e. The van der Waals surface area contributed by atoms with Crippen LogP contribution in [0.4, 0.5) is 0 Å². The lowest BCUT2D eigenvalue weighted by Gasteiger charge is -2.36. The highest BCUT2D eigenvalue weighted by atomic mass is 16.2. The highest BCUT2D eigenvalue weighted by molar-refractivity contribution is 5.79. The zero-order valence-electron chi connectivity index (χ0n) is 12.2. The van der Waals surface area contributed by atoms with Gasteiger partial charge in [0.05, 0.1) is 11.5 Å². The Kier molecular flexibility index (Phi) is 4.64. The van der Waals surface area contributed by atoms with Crippen LogP contribution in [-0.4, -0.2) is 47.8 Å². The van der Waals surface area contributed by atoms with Crippen molar-refractivity contribution in [3.05, 3.63) is 0 Å². The number of piperidine rings is 2. The molecule has 0 bridgehead atoms. The van der Waals surface area contributed by atoms with Gasteiger partial charge in [-0.15, -0.1) is 0 Å². The van der Waals surface area contributed by atoms with Gasteiger partial charge < -0.3 is 9.80 Å². The molecule has 5 nitrogen and oxygen atoms in total. The molecule has 110 valence electrons. The predicted molar refractivity (Wildman–Crippen MR) is 74.6 cm³/mol. The van der Waals surface area contributed by atoms with E-state index in [0.717, 1.165) is 38.8 Å². The minimum absolute atomic E-state index is 0.0737. The van der Waals surface area contributed by atoms with E-state index in [-0.39, 0.29) is 11.8 Å².